The molecule has 1 aromatic rings. The van der Waals surface area contributed by atoms with Crippen LogP contribution in [0.1, 0.15) is 220 Å². The van der Waals surface area contributed by atoms with E-state index in [1.807, 2.05) is 0 Å². The highest BCUT2D eigenvalue weighted by atomic mass is 31.3. The molecule has 402 valence electrons. The summed E-state index contributed by atoms with van der Waals surface area (Å²) in [5.41, 5.74) is 4.59. The van der Waals surface area contributed by atoms with E-state index in [2.05, 4.69) is 37.0 Å². The summed E-state index contributed by atoms with van der Waals surface area (Å²) in [7, 11) is -10.8. The van der Waals surface area contributed by atoms with Crippen molar-refractivity contribution < 1.29 is 66.3 Å². The van der Waals surface area contributed by atoms with Gasteiger partial charge in [-0.2, -0.15) is 9.29 Å². The van der Waals surface area contributed by atoms with Crippen molar-refractivity contribution in [3.63, 3.8) is 0 Å². The Morgan fingerprint density at radius 1 is 0.652 bits per heavy atom. The van der Waals surface area contributed by atoms with Gasteiger partial charge in [-0.05, 0) is 30.7 Å². The molecule has 0 aromatic carbocycles. The molecule has 7 atom stereocenters. The van der Waals surface area contributed by atoms with Crippen LogP contribution in [-0.4, -0.2) is 85.7 Å². The minimum absolute atomic E-state index is 0.0552. The monoisotopic (exact) mass is 1020 g/mol. The van der Waals surface area contributed by atoms with E-state index < -0.39 is 83.7 Å². The lowest BCUT2D eigenvalue weighted by Crippen LogP contribution is -2.36. The molecule has 1 saturated heterocycles. The van der Waals surface area contributed by atoms with E-state index in [9.17, 15) is 43.5 Å². The topological polar surface area (TPSA) is 265 Å². The Bertz CT molecular complexity index is 1680. The highest BCUT2D eigenvalue weighted by Crippen LogP contribution is 2.60. The normalized spacial score (nSPS) is 19.4. The zero-order chi connectivity index (χ0) is 50.9. The van der Waals surface area contributed by atoms with E-state index >= 15 is 0 Å². The highest BCUT2D eigenvalue weighted by molar-refractivity contribution is 7.61. The average Bonchev–Trinajstić information content (AvgIpc) is 3.56. The lowest BCUT2D eigenvalue weighted by Gasteiger charge is -2.21. The Hall–Kier alpha value is -2.24. The zero-order valence-electron chi connectivity index (χ0n) is 42.5. The number of hydrogen-bond acceptors (Lipinski definition) is 15. The number of aliphatic hydroxyl groups is 2. The second-order valence-electron chi connectivity index (χ2n) is 19.7. The number of phosphoric acid groups is 2. The summed E-state index contributed by atoms with van der Waals surface area (Å²) in [4.78, 5) is 61.9. The molecule has 2 heterocycles. The summed E-state index contributed by atoms with van der Waals surface area (Å²) < 4.78 is 56.8. The standard InChI is InChI=1S/C49H91N3O15P2/c1-39(2)30-26-22-18-14-11-9-7-5-6-8-10-12-16-20-24-28-32-44(53)62-36-41(65-45(54)33-29-25-21-17-13-15-19-23-27-31-40(3)4)37-63-68(58,59)67-69(60,61)64-38-42-46(55)47(56)48(66-42)52-35-34-43(50)51-49(52)57/h34-35,39-42,46-48,55-56H,5-33,36-38H2,1-4H3,(H,58,59)(H,60,61)(H2,50,51,57)/t41-,42-,46+,47?,48-/m1/s1. The van der Waals surface area contributed by atoms with Crippen LogP contribution in [0.5, 0.6) is 0 Å². The van der Waals surface area contributed by atoms with Crippen LogP contribution in [0.15, 0.2) is 17.1 Å². The lowest BCUT2D eigenvalue weighted by molar-refractivity contribution is -0.161. The molecule has 18 nitrogen and oxygen atoms in total. The number of carbonyl (C=O) groups excluding carboxylic acids is 2. The number of phosphoric ester groups is 2. The Balaban J connectivity index is 1.76. The van der Waals surface area contributed by atoms with Crippen LogP contribution in [0.25, 0.3) is 0 Å². The lowest BCUT2D eigenvalue weighted by atomic mass is 10.0. The quantitative estimate of drug-likeness (QED) is 0.0231. The Kier molecular flexibility index (Phi) is 33.4. The van der Waals surface area contributed by atoms with Gasteiger partial charge >= 0.3 is 33.3 Å². The van der Waals surface area contributed by atoms with E-state index in [0.717, 1.165) is 67.8 Å². The van der Waals surface area contributed by atoms with Crippen molar-refractivity contribution >= 4 is 33.4 Å². The van der Waals surface area contributed by atoms with Gasteiger partial charge in [-0.25, -0.2) is 13.9 Å². The number of nitrogen functional groups attached to an aromatic ring is 1. The smallest absolute Gasteiger partial charge is 0.462 e. The van der Waals surface area contributed by atoms with Crippen molar-refractivity contribution in [3.05, 3.63) is 22.7 Å². The van der Waals surface area contributed by atoms with Crippen LogP contribution >= 0.6 is 15.6 Å². The fourth-order valence-corrected chi connectivity index (χ4v) is 10.3. The summed E-state index contributed by atoms with van der Waals surface area (Å²) in [6, 6.07) is 1.25. The molecule has 20 heteroatoms. The number of esters is 2. The van der Waals surface area contributed by atoms with E-state index in [0.29, 0.717) is 12.8 Å². The van der Waals surface area contributed by atoms with Gasteiger partial charge in [-0.15, -0.1) is 0 Å². The Labute approximate surface area is 412 Å². The molecule has 1 aliphatic heterocycles. The third-order valence-corrected chi connectivity index (χ3v) is 14.9. The van der Waals surface area contributed by atoms with Gasteiger partial charge in [0.1, 0.15) is 30.7 Å². The van der Waals surface area contributed by atoms with Gasteiger partial charge in [-0.3, -0.25) is 23.2 Å². The molecule has 0 saturated carbocycles. The Morgan fingerprint density at radius 3 is 1.52 bits per heavy atom. The molecule has 6 N–H and O–H groups in total. The third-order valence-electron chi connectivity index (χ3n) is 12.3. The van der Waals surface area contributed by atoms with E-state index in [1.54, 1.807) is 0 Å². The number of aromatic nitrogens is 2. The maximum absolute atomic E-state index is 12.8. The SMILES string of the molecule is CC(C)CCCCCCCCCCCCCCCCCCC(=O)OC[C@H](COP(=O)(O)OP(=O)(O)OC[C@H]1O[C@@H](n2ccc(N)nc2=O)C(O)[C@H]1O)OC(=O)CCCCCCCCCCCC(C)C. The predicted octanol–water partition coefficient (Wildman–Crippen LogP) is 10.8. The van der Waals surface area contributed by atoms with Crippen molar-refractivity contribution in [2.24, 2.45) is 11.8 Å². The fourth-order valence-electron chi connectivity index (χ4n) is 8.21. The van der Waals surface area contributed by atoms with Crippen molar-refractivity contribution in [2.45, 2.75) is 245 Å². The summed E-state index contributed by atoms with van der Waals surface area (Å²) >= 11 is 0. The van der Waals surface area contributed by atoms with Crippen LogP contribution in [0, 0.1) is 11.8 Å². The molecule has 3 unspecified atom stereocenters. The van der Waals surface area contributed by atoms with Crippen LogP contribution in [0.4, 0.5) is 5.82 Å². The van der Waals surface area contributed by atoms with Crippen molar-refractivity contribution in [1.29, 1.82) is 0 Å². The number of nitrogens with zero attached hydrogens (tertiary/aromatic N) is 2. The summed E-state index contributed by atoms with van der Waals surface area (Å²) in [6.07, 6.45) is 24.9. The number of ether oxygens (including phenoxy) is 3. The largest absolute Gasteiger partial charge is 0.481 e. The van der Waals surface area contributed by atoms with Gasteiger partial charge in [-0.1, -0.05) is 188 Å². The molecule has 0 bridgehead atoms. The molecular formula is C49H91N3O15P2. The molecule has 0 spiro atoms. The molecule has 1 fully saturated rings. The van der Waals surface area contributed by atoms with Crippen LogP contribution in [0.3, 0.4) is 0 Å². The van der Waals surface area contributed by atoms with E-state index in [-0.39, 0.29) is 18.7 Å². The van der Waals surface area contributed by atoms with Crippen LogP contribution < -0.4 is 11.4 Å². The third kappa shape index (κ3) is 31.1. The molecule has 0 amide bonds. The molecule has 0 aliphatic carbocycles. The van der Waals surface area contributed by atoms with Crippen molar-refractivity contribution in [3.8, 4) is 0 Å². The Morgan fingerprint density at radius 2 is 1.07 bits per heavy atom. The maximum Gasteiger partial charge on any atom is 0.481 e. The average molecular weight is 1020 g/mol. The highest BCUT2D eigenvalue weighted by Gasteiger charge is 2.46. The number of nitrogens with two attached hydrogens (primary N) is 1. The van der Waals surface area contributed by atoms with Crippen molar-refractivity contribution in [2.75, 3.05) is 25.6 Å². The minimum Gasteiger partial charge on any atom is -0.462 e. The molecule has 1 aliphatic rings. The second kappa shape index (κ2) is 36.6. The first-order valence-electron chi connectivity index (χ1n) is 26.3. The number of anilines is 1. The minimum atomic E-state index is -5.42. The van der Waals surface area contributed by atoms with Crippen molar-refractivity contribution in [1.82, 2.24) is 9.55 Å². The van der Waals surface area contributed by atoms with Gasteiger partial charge in [0, 0.05) is 19.0 Å². The van der Waals surface area contributed by atoms with Gasteiger partial charge in [0.05, 0.1) is 13.2 Å². The molecule has 2 rings (SSSR count). The fraction of sp³-hybridized carbons (Fsp3) is 0.878. The van der Waals surface area contributed by atoms with Gasteiger partial charge < -0.3 is 39.9 Å². The second-order valence-corrected chi connectivity index (χ2v) is 22.7. The van der Waals surface area contributed by atoms with Gasteiger partial charge in [0.25, 0.3) is 0 Å². The number of aliphatic hydroxyl groups excluding tert-OH is 2. The van der Waals surface area contributed by atoms with E-state index in [1.165, 1.54) is 121 Å². The zero-order valence-corrected chi connectivity index (χ0v) is 44.3. The first-order valence-corrected chi connectivity index (χ1v) is 29.3. The van der Waals surface area contributed by atoms with Crippen LogP contribution in [-0.2, 0) is 46.3 Å². The molecule has 1 aromatic heterocycles. The first-order chi connectivity index (χ1) is 32.9. The number of carbonyl (C=O) groups is 2. The van der Waals surface area contributed by atoms with Gasteiger partial charge in [0.2, 0.25) is 0 Å². The molecule has 0 radical (unpaired) electrons. The molecular weight excluding hydrogens is 932 g/mol. The summed E-state index contributed by atoms with van der Waals surface area (Å²) in [6.45, 7) is 6.78. The predicted molar refractivity (Wildman–Crippen MR) is 266 cm³/mol. The van der Waals surface area contributed by atoms with Gasteiger partial charge in [0.15, 0.2) is 12.3 Å². The maximum atomic E-state index is 12.8. The molecule has 69 heavy (non-hydrogen) atoms. The number of hydrogen-bond donors (Lipinski definition) is 5. The van der Waals surface area contributed by atoms with E-state index in [4.69, 9.17) is 29.0 Å². The number of unbranched alkanes of at least 4 members (excludes halogenated alkanes) is 23. The summed E-state index contributed by atoms with van der Waals surface area (Å²) in [5, 5.41) is 20.9. The van der Waals surface area contributed by atoms with Crippen LogP contribution in [0.2, 0.25) is 0 Å². The first kappa shape index (κ1) is 62.9. The summed E-state index contributed by atoms with van der Waals surface area (Å²) in [5.74, 6) is 0.265. The number of rotatable bonds is 43.